The Bertz CT molecular complexity index is 1180. The molecule has 0 aliphatic heterocycles. The SMILES string of the molecule is CC/C=C\C/C=C\C/C=C\C/C=C\CCCCCCCCCCCCC(=O)NC(COP(=O)([O-])OCC[N+](C)(C)C)C(O)/C=C/CC/C=C/CC/C=C/CCC. The van der Waals surface area contributed by atoms with Gasteiger partial charge >= 0.3 is 0 Å². The molecule has 0 bridgehead atoms. The fourth-order valence-electron chi connectivity index (χ4n) is 5.59. The van der Waals surface area contributed by atoms with Crippen molar-refractivity contribution in [2.45, 2.75) is 167 Å². The van der Waals surface area contributed by atoms with Crippen LogP contribution in [0.2, 0.25) is 0 Å². The van der Waals surface area contributed by atoms with E-state index in [0.29, 0.717) is 17.4 Å². The summed E-state index contributed by atoms with van der Waals surface area (Å²) in [6, 6.07) is -0.914. The maximum atomic E-state index is 12.8. The zero-order valence-corrected chi connectivity index (χ0v) is 37.2. The van der Waals surface area contributed by atoms with E-state index in [2.05, 4.69) is 92.1 Å². The molecule has 8 nitrogen and oxygen atoms in total. The van der Waals surface area contributed by atoms with Crippen molar-refractivity contribution in [2.24, 2.45) is 0 Å². The lowest BCUT2D eigenvalue weighted by Gasteiger charge is -2.29. The van der Waals surface area contributed by atoms with Gasteiger partial charge in [-0.15, -0.1) is 0 Å². The molecule has 2 N–H and O–H groups in total. The van der Waals surface area contributed by atoms with Crippen LogP contribution in [0.15, 0.2) is 85.1 Å². The average Bonchev–Trinajstić information content (AvgIpc) is 3.15. The molecule has 3 unspecified atom stereocenters. The third-order valence-electron chi connectivity index (χ3n) is 9.05. The van der Waals surface area contributed by atoms with Crippen LogP contribution in [0.1, 0.15) is 155 Å². The number of carbonyl (C=O) groups excluding carboxylic acids is 1. The fraction of sp³-hybridized carbons (Fsp3) is 0.681. The minimum absolute atomic E-state index is 0.0143. The van der Waals surface area contributed by atoms with E-state index in [9.17, 15) is 19.4 Å². The monoisotopic (exact) mass is 803 g/mol. The minimum Gasteiger partial charge on any atom is -0.756 e. The molecule has 0 aromatic heterocycles. The second-order valence-electron chi connectivity index (χ2n) is 15.6. The third kappa shape index (κ3) is 39.9. The Morgan fingerprint density at radius 3 is 1.64 bits per heavy atom. The smallest absolute Gasteiger partial charge is 0.268 e. The first-order chi connectivity index (χ1) is 27.0. The number of amides is 1. The Hall–Kier alpha value is -2.32. The van der Waals surface area contributed by atoms with Gasteiger partial charge in [0.05, 0.1) is 39.9 Å². The fourth-order valence-corrected chi connectivity index (χ4v) is 6.32. The van der Waals surface area contributed by atoms with Crippen LogP contribution >= 0.6 is 7.82 Å². The first kappa shape index (κ1) is 53.7. The highest BCUT2D eigenvalue weighted by Gasteiger charge is 2.23. The van der Waals surface area contributed by atoms with Crippen LogP contribution in [0.3, 0.4) is 0 Å². The quantitative estimate of drug-likeness (QED) is 0.0279. The lowest BCUT2D eigenvalue weighted by atomic mass is 10.0. The van der Waals surface area contributed by atoms with E-state index in [1.54, 1.807) is 6.08 Å². The summed E-state index contributed by atoms with van der Waals surface area (Å²) >= 11 is 0. The Kier molecular flexibility index (Phi) is 36.6. The van der Waals surface area contributed by atoms with Crippen LogP contribution < -0.4 is 10.2 Å². The van der Waals surface area contributed by atoms with E-state index in [-0.39, 0.29) is 12.5 Å². The number of aliphatic hydroxyl groups excluding tert-OH is 1. The normalized spacial score (nSPS) is 15.2. The van der Waals surface area contributed by atoms with Crippen LogP contribution in [0.4, 0.5) is 0 Å². The van der Waals surface area contributed by atoms with Gasteiger partial charge < -0.3 is 28.8 Å². The highest BCUT2D eigenvalue weighted by atomic mass is 31.2. The summed E-state index contributed by atoms with van der Waals surface area (Å²) in [5.41, 5.74) is 0. The van der Waals surface area contributed by atoms with E-state index in [1.165, 1.54) is 44.9 Å². The molecule has 0 saturated carbocycles. The molecular formula is C47H83N2O6P. The summed E-state index contributed by atoms with van der Waals surface area (Å²) < 4.78 is 23.1. The largest absolute Gasteiger partial charge is 0.756 e. The van der Waals surface area contributed by atoms with Crippen molar-refractivity contribution in [1.82, 2.24) is 5.32 Å². The van der Waals surface area contributed by atoms with Crippen LogP contribution in [0, 0.1) is 0 Å². The topological polar surface area (TPSA) is 108 Å². The zero-order valence-electron chi connectivity index (χ0n) is 36.3. The highest BCUT2D eigenvalue weighted by molar-refractivity contribution is 7.45. The molecule has 0 saturated heterocycles. The second kappa shape index (κ2) is 38.2. The minimum atomic E-state index is -4.60. The second-order valence-corrected chi connectivity index (χ2v) is 17.1. The maximum absolute atomic E-state index is 12.8. The van der Waals surface area contributed by atoms with Crippen molar-refractivity contribution in [3.63, 3.8) is 0 Å². The van der Waals surface area contributed by atoms with Crippen LogP contribution in [0.5, 0.6) is 0 Å². The van der Waals surface area contributed by atoms with Crippen molar-refractivity contribution in [2.75, 3.05) is 40.9 Å². The van der Waals surface area contributed by atoms with Gasteiger partial charge in [-0.05, 0) is 77.0 Å². The summed E-state index contributed by atoms with van der Waals surface area (Å²) in [7, 11) is 1.21. The maximum Gasteiger partial charge on any atom is 0.268 e. The van der Waals surface area contributed by atoms with Crippen molar-refractivity contribution >= 4 is 13.7 Å². The van der Waals surface area contributed by atoms with Gasteiger partial charge in [-0.25, -0.2) is 0 Å². The predicted octanol–water partition coefficient (Wildman–Crippen LogP) is 11.6. The number of carbonyl (C=O) groups is 1. The number of quaternary nitrogens is 1. The lowest BCUT2D eigenvalue weighted by Crippen LogP contribution is -2.45. The van der Waals surface area contributed by atoms with Gasteiger partial charge in [0.25, 0.3) is 7.82 Å². The number of rotatable bonds is 38. The number of allylic oxidation sites excluding steroid dienone is 13. The van der Waals surface area contributed by atoms with Crippen LogP contribution in [0.25, 0.3) is 0 Å². The van der Waals surface area contributed by atoms with E-state index >= 15 is 0 Å². The van der Waals surface area contributed by atoms with E-state index in [4.69, 9.17) is 9.05 Å². The molecule has 0 heterocycles. The molecule has 322 valence electrons. The predicted molar refractivity (Wildman–Crippen MR) is 237 cm³/mol. The summed E-state index contributed by atoms with van der Waals surface area (Å²) in [5.74, 6) is -0.223. The Morgan fingerprint density at radius 2 is 1.11 bits per heavy atom. The van der Waals surface area contributed by atoms with Crippen LogP contribution in [-0.4, -0.2) is 68.5 Å². The zero-order chi connectivity index (χ0) is 41.4. The first-order valence-electron chi connectivity index (χ1n) is 21.9. The number of unbranched alkanes of at least 4 members (excludes halogenated alkanes) is 13. The summed E-state index contributed by atoms with van der Waals surface area (Å²) in [6.07, 6.45) is 52.1. The average molecular weight is 803 g/mol. The van der Waals surface area contributed by atoms with Gasteiger partial charge in [-0.2, -0.15) is 0 Å². The molecule has 1 amide bonds. The Balaban J connectivity index is 4.36. The van der Waals surface area contributed by atoms with Gasteiger partial charge in [-0.3, -0.25) is 9.36 Å². The molecule has 0 fully saturated rings. The van der Waals surface area contributed by atoms with Gasteiger partial charge in [0.2, 0.25) is 5.91 Å². The molecule has 0 aromatic rings. The number of nitrogens with zero attached hydrogens (tertiary/aromatic N) is 1. The van der Waals surface area contributed by atoms with Crippen molar-refractivity contribution < 1.29 is 32.9 Å². The number of phosphoric ester groups is 1. The van der Waals surface area contributed by atoms with Gasteiger partial charge in [-0.1, -0.05) is 157 Å². The van der Waals surface area contributed by atoms with Crippen LogP contribution in [-0.2, 0) is 18.4 Å². The van der Waals surface area contributed by atoms with Crippen molar-refractivity contribution in [1.29, 1.82) is 0 Å². The Morgan fingerprint density at radius 1 is 0.643 bits per heavy atom. The Labute approximate surface area is 344 Å². The van der Waals surface area contributed by atoms with Gasteiger partial charge in [0, 0.05) is 6.42 Å². The molecular weight excluding hydrogens is 719 g/mol. The number of phosphoric acid groups is 1. The summed E-state index contributed by atoms with van der Waals surface area (Å²) in [4.78, 5) is 25.3. The van der Waals surface area contributed by atoms with Crippen molar-refractivity contribution in [3.05, 3.63) is 85.1 Å². The molecule has 0 aromatic carbocycles. The number of likely N-dealkylation sites (N-methyl/N-ethyl adjacent to an activating group) is 1. The standard InChI is InChI=1S/C47H83N2O6P/c1-6-8-10-12-14-16-18-19-20-21-22-23-24-25-26-27-28-29-31-33-35-37-39-41-47(51)48-45(44-55-56(52,53)54-43-42-49(3,4)5)46(50)40-38-36-34-32-30-17-15-13-11-9-7-2/h8,10-11,13-14,16,19-20,22-23,30,32,38,40,45-46,50H,6-7,9,12,15,17-18,21,24-29,31,33-37,39,41-44H2,1-5H3,(H-,48,51,52,53)/b10-8-,13-11+,16-14-,20-19-,23-22-,32-30+,40-38+. The summed E-state index contributed by atoms with van der Waals surface area (Å²) in [5, 5.41) is 13.7. The lowest BCUT2D eigenvalue weighted by molar-refractivity contribution is -0.870. The van der Waals surface area contributed by atoms with Gasteiger partial charge in [0.15, 0.2) is 0 Å². The van der Waals surface area contributed by atoms with E-state index < -0.39 is 26.6 Å². The molecule has 3 atom stereocenters. The number of hydrogen-bond acceptors (Lipinski definition) is 6. The van der Waals surface area contributed by atoms with Crippen molar-refractivity contribution in [3.8, 4) is 0 Å². The van der Waals surface area contributed by atoms with E-state index in [0.717, 1.165) is 89.9 Å². The molecule has 0 spiro atoms. The third-order valence-corrected chi connectivity index (χ3v) is 10.0. The number of hydrogen-bond donors (Lipinski definition) is 2. The highest BCUT2D eigenvalue weighted by Crippen LogP contribution is 2.38. The van der Waals surface area contributed by atoms with E-state index in [1.807, 2.05) is 27.2 Å². The molecule has 9 heteroatoms. The first-order valence-corrected chi connectivity index (χ1v) is 23.4. The molecule has 0 aliphatic carbocycles. The molecule has 0 radical (unpaired) electrons. The summed E-state index contributed by atoms with van der Waals surface area (Å²) in [6.45, 7) is 4.39. The number of nitrogens with one attached hydrogen (secondary N) is 1. The number of aliphatic hydroxyl groups is 1. The van der Waals surface area contributed by atoms with Gasteiger partial charge in [0.1, 0.15) is 13.2 Å². The molecule has 56 heavy (non-hydrogen) atoms. The molecule has 0 aliphatic rings. The molecule has 0 rings (SSSR count).